The van der Waals surface area contributed by atoms with E-state index >= 15 is 0 Å². The first-order valence-electron chi connectivity index (χ1n) is 6.35. The first kappa shape index (κ1) is 13.5. The van der Waals surface area contributed by atoms with E-state index in [4.69, 9.17) is 9.47 Å². The Morgan fingerprint density at radius 1 is 1.32 bits per heavy atom. The Balaban J connectivity index is 2.17. The molecule has 0 bridgehead atoms. The molecule has 19 heavy (non-hydrogen) atoms. The molecule has 0 radical (unpaired) electrons. The minimum absolute atomic E-state index is 0.284. The third kappa shape index (κ3) is 3.29. The molecule has 0 amide bonds. The SMILES string of the molecule is CCOC[C@H](C)OC(=O)c1nccc2ccccc12. The Bertz CT molecular complexity index is 563. The highest BCUT2D eigenvalue weighted by Gasteiger charge is 2.16. The second kappa shape index (κ2) is 6.29. The van der Waals surface area contributed by atoms with Crippen molar-refractivity contribution in [2.45, 2.75) is 20.0 Å². The molecule has 4 nitrogen and oxygen atoms in total. The van der Waals surface area contributed by atoms with Crippen LogP contribution < -0.4 is 0 Å². The minimum Gasteiger partial charge on any atom is -0.455 e. The largest absolute Gasteiger partial charge is 0.455 e. The number of pyridine rings is 1. The van der Waals surface area contributed by atoms with Gasteiger partial charge in [-0.3, -0.25) is 0 Å². The van der Waals surface area contributed by atoms with Gasteiger partial charge in [-0.05, 0) is 25.3 Å². The van der Waals surface area contributed by atoms with Gasteiger partial charge in [0.15, 0.2) is 5.69 Å². The highest BCUT2D eigenvalue weighted by molar-refractivity contribution is 6.02. The van der Waals surface area contributed by atoms with Crippen LogP contribution in [0.15, 0.2) is 36.5 Å². The van der Waals surface area contributed by atoms with Crippen LogP contribution in [0.25, 0.3) is 10.8 Å². The van der Waals surface area contributed by atoms with Gasteiger partial charge in [-0.25, -0.2) is 9.78 Å². The van der Waals surface area contributed by atoms with Crippen LogP contribution in [0.2, 0.25) is 0 Å². The zero-order valence-corrected chi connectivity index (χ0v) is 11.1. The maximum absolute atomic E-state index is 12.1. The normalized spacial score (nSPS) is 12.3. The summed E-state index contributed by atoms with van der Waals surface area (Å²) in [7, 11) is 0. The maximum atomic E-state index is 12.1. The number of fused-ring (bicyclic) bond motifs is 1. The molecule has 2 rings (SSSR count). The smallest absolute Gasteiger partial charge is 0.357 e. The lowest BCUT2D eigenvalue weighted by molar-refractivity contribution is 0.00407. The van der Waals surface area contributed by atoms with E-state index in [0.717, 1.165) is 10.8 Å². The standard InChI is InChI=1S/C15H17NO3/c1-3-18-10-11(2)19-15(17)14-13-7-5-4-6-12(13)8-9-16-14/h4-9,11H,3,10H2,1-2H3/t11-/m0/s1. The number of rotatable bonds is 5. The van der Waals surface area contributed by atoms with E-state index in [-0.39, 0.29) is 6.10 Å². The molecular weight excluding hydrogens is 242 g/mol. The fourth-order valence-electron chi connectivity index (χ4n) is 1.84. The summed E-state index contributed by atoms with van der Waals surface area (Å²) in [6.07, 6.45) is 1.33. The predicted octanol–water partition coefficient (Wildman–Crippen LogP) is 2.82. The fourth-order valence-corrected chi connectivity index (χ4v) is 1.84. The number of hydrogen-bond acceptors (Lipinski definition) is 4. The first-order valence-corrected chi connectivity index (χ1v) is 6.35. The lowest BCUT2D eigenvalue weighted by atomic mass is 10.1. The van der Waals surface area contributed by atoms with E-state index in [1.54, 1.807) is 13.1 Å². The van der Waals surface area contributed by atoms with E-state index in [0.29, 0.717) is 18.9 Å². The second-order valence-electron chi connectivity index (χ2n) is 4.26. The third-order valence-corrected chi connectivity index (χ3v) is 2.73. The molecule has 0 unspecified atom stereocenters. The lowest BCUT2D eigenvalue weighted by Gasteiger charge is -2.13. The van der Waals surface area contributed by atoms with E-state index in [9.17, 15) is 4.79 Å². The van der Waals surface area contributed by atoms with Crippen LogP contribution in [-0.2, 0) is 9.47 Å². The summed E-state index contributed by atoms with van der Waals surface area (Å²) in [5.74, 6) is -0.413. The summed E-state index contributed by atoms with van der Waals surface area (Å²) in [5.41, 5.74) is 0.349. The average molecular weight is 259 g/mol. The molecule has 0 fully saturated rings. The summed E-state index contributed by atoms with van der Waals surface area (Å²) in [6, 6.07) is 9.48. The lowest BCUT2D eigenvalue weighted by Crippen LogP contribution is -2.21. The summed E-state index contributed by atoms with van der Waals surface area (Å²) in [6.45, 7) is 4.71. The molecule has 1 atom stereocenters. The van der Waals surface area contributed by atoms with E-state index in [2.05, 4.69) is 4.98 Å². The molecular formula is C15H17NO3. The predicted molar refractivity (Wildman–Crippen MR) is 73.1 cm³/mol. The van der Waals surface area contributed by atoms with Crippen molar-refractivity contribution in [3.8, 4) is 0 Å². The van der Waals surface area contributed by atoms with Crippen molar-refractivity contribution < 1.29 is 14.3 Å². The van der Waals surface area contributed by atoms with Crippen molar-refractivity contribution in [2.75, 3.05) is 13.2 Å². The number of aromatic nitrogens is 1. The molecule has 100 valence electrons. The number of benzene rings is 1. The van der Waals surface area contributed by atoms with Gasteiger partial charge in [0.25, 0.3) is 0 Å². The molecule has 1 aromatic carbocycles. The van der Waals surface area contributed by atoms with Gasteiger partial charge in [0.05, 0.1) is 6.61 Å². The molecule has 0 N–H and O–H groups in total. The van der Waals surface area contributed by atoms with Gasteiger partial charge in [-0.2, -0.15) is 0 Å². The number of nitrogens with zero attached hydrogens (tertiary/aromatic N) is 1. The quantitative estimate of drug-likeness (QED) is 0.775. The first-order chi connectivity index (χ1) is 9.22. The molecule has 2 aromatic rings. The zero-order chi connectivity index (χ0) is 13.7. The molecule has 0 saturated heterocycles. The number of esters is 1. The van der Waals surface area contributed by atoms with Crippen LogP contribution in [0.5, 0.6) is 0 Å². The Morgan fingerprint density at radius 2 is 2.11 bits per heavy atom. The van der Waals surface area contributed by atoms with Gasteiger partial charge in [-0.1, -0.05) is 24.3 Å². The Kier molecular flexibility index (Phi) is 4.47. The van der Waals surface area contributed by atoms with Crippen molar-refractivity contribution in [3.05, 3.63) is 42.2 Å². The van der Waals surface area contributed by atoms with Gasteiger partial charge in [0.1, 0.15) is 6.10 Å². The summed E-state index contributed by atoms with van der Waals surface area (Å²) < 4.78 is 10.5. The van der Waals surface area contributed by atoms with Crippen LogP contribution in [0.4, 0.5) is 0 Å². The number of hydrogen-bond donors (Lipinski definition) is 0. The zero-order valence-electron chi connectivity index (χ0n) is 11.1. The molecule has 4 heteroatoms. The van der Waals surface area contributed by atoms with Crippen molar-refractivity contribution in [3.63, 3.8) is 0 Å². The van der Waals surface area contributed by atoms with Crippen LogP contribution >= 0.6 is 0 Å². The monoisotopic (exact) mass is 259 g/mol. The Labute approximate surface area is 112 Å². The van der Waals surface area contributed by atoms with E-state index < -0.39 is 5.97 Å². The summed E-state index contributed by atoms with van der Waals surface area (Å²) >= 11 is 0. The van der Waals surface area contributed by atoms with Gasteiger partial charge in [-0.15, -0.1) is 0 Å². The minimum atomic E-state index is -0.413. The average Bonchev–Trinajstić information content (AvgIpc) is 2.44. The van der Waals surface area contributed by atoms with Gasteiger partial charge >= 0.3 is 5.97 Å². The Morgan fingerprint density at radius 3 is 2.89 bits per heavy atom. The number of carbonyl (C=O) groups is 1. The van der Waals surface area contributed by atoms with Crippen LogP contribution in [0.3, 0.4) is 0 Å². The van der Waals surface area contributed by atoms with Crippen molar-refractivity contribution >= 4 is 16.7 Å². The summed E-state index contributed by atoms with van der Waals surface area (Å²) in [5, 5.41) is 1.78. The molecule has 0 aliphatic heterocycles. The van der Waals surface area contributed by atoms with Gasteiger partial charge < -0.3 is 9.47 Å². The molecule has 1 aromatic heterocycles. The van der Waals surface area contributed by atoms with Crippen LogP contribution in [0.1, 0.15) is 24.3 Å². The molecule has 0 aliphatic carbocycles. The Hall–Kier alpha value is -1.94. The number of ether oxygens (including phenoxy) is 2. The van der Waals surface area contributed by atoms with Crippen molar-refractivity contribution in [1.82, 2.24) is 4.98 Å². The summed E-state index contributed by atoms with van der Waals surface area (Å²) in [4.78, 5) is 16.2. The van der Waals surface area contributed by atoms with Gasteiger partial charge in [0, 0.05) is 18.2 Å². The van der Waals surface area contributed by atoms with Crippen molar-refractivity contribution in [2.24, 2.45) is 0 Å². The van der Waals surface area contributed by atoms with E-state index in [1.165, 1.54) is 0 Å². The highest BCUT2D eigenvalue weighted by Crippen LogP contribution is 2.17. The fraction of sp³-hybridized carbons (Fsp3) is 0.333. The van der Waals surface area contributed by atoms with Gasteiger partial charge in [0.2, 0.25) is 0 Å². The topological polar surface area (TPSA) is 48.4 Å². The maximum Gasteiger partial charge on any atom is 0.357 e. The van der Waals surface area contributed by atoms with E-state index in [1.807, 2.05) is 37.3 Å². The van der Waals surface area contributed by atoms with Crippen molar-refractivity contribution in [1.29, 1.82) is 0 Å². The second-order valence-corrected chi connectivity index (χ2v) is 4.26. The third-order valence-electron chi connectivity index (χ3n) is 2.73. The van der Waals surface area contributed by atoms with Crippen LogP contribution in [-0.4, -0.2) is 30.3 Å². The molecule has 1 heterocycles. The molecule has 0 saturated carbocycles. The highest BCUT2D eigenvalue weighted by atomic mass is 16.6. The number of carbonyl (C=O) groups excluding carboxylic acids is 1. The van der Waals surface area contributed by atoms with Crippen LogP contribution in [0, 0.1) is 0 Å². The molecule has 0 spiro atoms. The molecule has 0 aliphatic rings.